The highest BCUT2D eigenvalue weighted by Gasteiger charge is 2.15. The van der Waals surface area contributed by atoms with Crippen molar-refractivity contribution in [3.63, 3.8) is 0 Å². The Hall–Kier alpha value is -2.56. The van der Waals surface area contributed by atoms with Gasteiger partial charge in [0.1, 0.15) is 16.7 Å². The average molecular weight is 244 g/mol. The Bertz CT molecular complexity index is 885. The van der Waals surface area contributed by atoms with Crippen molar-refractivity contribution >= 4 is 21.9 Å². The molecule has 90 valence electrons. The molecule has 1 N–H and O–H groups in total. The predicted molar refractivity (Wildman–Crippen MR) is 64.9 cm³/mol. The van der Waals surface area contributed by atoms with E-state index in [1.165, 1.54) is 0 Å². The van der Waals surface area contributed by atoms with E-state index in [1.807, 2.05) is 0 Å². The van der Waals surface area contributed by atoms with E-state index >= 15 is 0 Å². The number of para-hydroxylation sites is 1. The molecule has 0 saturated heterocycles. The van der Waals surface area contributed by atoms with Crippen LogP contribution in [0.1, 0.15) is 5.56 Å². The van der Waals surface area contributed by atoms with Gasteiger partial charge in [0.05, 0.1) is 11.5 Å². The molecule has 0 unspecified atom stereocenters. The van der Waals surface area contributed by atoms with Gasteiger partial charge in [-0.1, -0.05) is 12.1 Å². The minimum absolute atomic E-state index is 0.0509. The van der Waals surface area contributed by atoms with Crippen LogP contribution in [-0.4, -0.2) is 5.11 Å². The van der Waals surface area contributed by atoms with Crippen molar-refractivity contribution < 1.29 is 13.9 Å². The van der Waals surface area contributed by atoms with Crippen molar-refractivity contribution in [2.75, 3.05) is 0 Å². The van der Waals surface area contributed by atoms with Crippen LogP contribution in [-0.2, 0) is 0 Å². The second kappa shape index (κ2) is 3.46. The summed E-state index contributed by atoms with van der Waals surface area (Å²) in [7, 11) is 0. The van der Waals surface area contributed by atoms with Gasteiger partial charge < -0.3 is 13.9 Å². The van der Waals surface area contributed by atoms with Gasteiger partial charge in [-0.15, -0.1) is 0 Å². The lowest BCUT2D eigenvalue weighted by Crippen LogP contribution is -2.05. The zero-order valence-corrected chi connectivity index (χ0v) is 9.39. The van der Waals surface area contributed by atoms with E-state index in [0.717, 1.165) is 11.6 Å². The number of fused-ring (bicyclic) bond motifs is 3. The van der Waals surface area contributed by atoms with Crippen molar-refractivity contribution in [2.45, 2.75) is 6.92 Å². The lowest BCUT2D eigenvalue weighted by molar-refractivity contribution is 0.462. The first-order valence-corrected chi connectivity index (χ1v) is 5.27. The number of aryl methyl sites for hydroxylation is 1. The van der Waals surface area contributed by atoms with Crippen LogP contribution in [0.15, 0.2) is 42.7 Å². The van der Waals surface area contributed by atoms with Gasteiger partial charge in [-0.05, 0) is 18.6 Å². The van der Waals surface area contributed by atoms with Gasteiger partial charge in [0, 0.05) is 0 Å². The fraction of sp³-hybridized carbons (Fsp3) is 0.0769. The minimum Gasteiger partial charge on any atom is -0.507 e. The topological polar surface area (TPSA) is 80.6 Å². The predicted octanol–water partition coefficient (Wildman–Crippen LogP) is 1.91. The second-order valence-electron chi connectivity index (χ2n) is 4.00. The third-order valence-corrected chi connectivity index (χ3v) is 2.80. The maximum atomic E-state index is 11.8. The molecule has 0 aliphatic heterocycles. The number of rotatable bonds is 0. The molecule has 1 aromatic carbocycles. The molecule has 18 heavy (non-hydrogen) atoms. The fourth-order valence-electron chi connectivity index (χ4n) is 1.98. The van der Waals surface area contributed by atoms with E-state index in [9.17, 15) is 14.7 Å². The lowest BCUT2D eigenvalue weighted by Gasteiger charge is -2.03. The second-order valence-corrected chi connectivity index (χ2v) is 4.00. The Morgan fingerprint density at radius 3 is 2.67 bits per heavy atom. The molecule has 0 aliphatic rings. The Balaban J connectivity index is 2.75. The molecule has 2 heterocycles. The molecule has 0 radical (unpaired) electrons. The fourth-order valence-corrected chi connectivity index (χ4v) is 1.98. The van der Waals surface area contributed by atoms with Crippen molar-refractivity contribution in [3.05, 3.63) is 50.7 Å². The van der Waals surface area contributed by atoms with Gasteiger partial charge in [0.15, 0.2) is 5.58 Å². The van der Waals surface area contributed by atoms with Gasteiger partial charge >= 0.3 is 11.3 Å². The molecule has 5 heteroatoms. The molecule has 0 fully saturated rings. The molecule has 0 amide bonds. The van der Waals surface area contributed by atoms with Crippen LogP contribution in [0.4, 0.5) is 0 Å². The molecule has 3 aromatic rings. The van der Waals surface area contributed by atoms with Crippen LogP contribution < -0.4 is 11.3 Å². The third kappa shape index (κ3) is 1.34. The molecular weight excluding hydrogens is 236 g/mol. The smallest absolute Gasteiger partial charge is 0.351 e. The van der Waals surface area contributed by atoms with E-state index in [2.05, 4.69) is 0 Å². The standard InChI is InChI=1S/C13H8O5/c1-6-3-2-4-7-11(6)18-13(16)10-8(14)5-9(15)17-12(7)10/h2-5,14H,1H3. The quantitative estimate of drug-likeness (QED) is 0.482. The van der Waals surface area contributed by atoms with Gasteiger partial charge in [-0.25, -0.2) is 9.59 Å². The van der Waals surface area contributed by atoms with Crippen LogP contribution in [0.3, 0.4) is 0 Å². The molecule has 0 spiro atoms. The molecule has 3 rings (SSSR count). The van der Waals surface area contributed by atoms with Gasteiger partial charge in [0.2, 0.25) is 0 Å². The zero-order chi connectivity index (χ0) is 12.9. The minimum atomic E-state index is -0.729. The molecule has 0 bridgehead atoms. The van der Waals surface area contributed by atoms with Crippen LogP contribution in [0.5, 0.6) is 5.75 Å². The molecule has 0 atom stereocenters. The zero-order valence-electron chi connectivity index (χ0n) is 9.39. The number of hydrogen-bond acceptors (Lipinski definition) is 5. The number of benzene rings is 1. The van der Waals surface area contributed by atoms with Gasteiger partial charge in [-0.3, -0.25) is 0 Å². The van der Waals surface area contributed by atoms with Crippen molar-refractivity contribution in [2.24, 2.45) is 0 Å². The van der Waals surface area contributed by atoms with Crippen molar-refractivity contribution in [1.82, 2.24) is 0 Å². The molecule has 0 aliphatic carbocycles. The van der Waals surface area contributed by atoms with E-state index in [-0.39, 0.29) is 11.0 Å². The first kappa shape index (κ1) is 10.6. The molecule has 0 saturated carbocycles. The molecular formula is C13H8O5. The van der Waals surface area contributed by atoms with E-state index in [0.29, 0.717) is 11.0 Å². The Labute approximate surface area is 99.9 Å². The summed E-state index contributed by atoms with van der Waals surface area (Å²) in [4.78, 5) is 23.1. The van der Waals surface area contributed by atoms with Crippen molar-refractivity contribution in [1.29, 1.82) is 0 Å². The highest BCUT2D eigenvalue weighted by atomic mass is 16.4. The third-order valence-electron chi connectivity index (χ3n) is 2.80. The maximum Gasteiger partial charge on any atom is 0.351 e. The van der Waals surface area contributed by atoms with Crippen LogP contribution in [0.25, 0.3) is 21.9 Å². The summed E-state index contributed by atoms with van der Waals surface area (Å²) in [5.74, 6) is -0.432. The molecule has 5 nitrogen and oxygen atoms in total. The average Bonchev–Trinajstić information content (AvgIpc) is 2.30. The summed E-state index contributed by atoms with van der Waals surface area (Å²) in [6.45, 7) is 1.78. The van der Waals surface area contributed by atoms with E-state index in [1.54, 1.807) is 25.1 Å². The first-order chi connectivity index (χ1) is 8.58. The number of hydrogen-bond donors (Lipinski definition) is 1. The maximum absolute atomic E-state index is 11.8. The van der Waals surface area contributed by atoms with E-state index < -0.39 is 17.0 Å². The van der Waals surface area contributed by atoms with E-state index in [4.69, 9.17) is 8.83 Å². The summed E-state index contributed by atoms with van der Waals surface area (Å²) >= 11 is 0. The van der Waals surface area contributed by atoms with Crippen LogP contribution in [0, 0.1) is 6.92 Å². The summed E-state index contributed by atoms with van der Waals surface area (Å²) in [5.41, 5.74) is -0.294. The summed E-state index contributed by atoms with van der Waals surface area (Å²) in [6.07, 6.45) is 0. The largest absolute Gasteiger partial charge is 0.507 e. The first-order valence-electron chi connectivity index (χ1n) is 5.27. The summed E-state index contributed by atoms with van der Waals surface area (Å²) in [6, 6.07) is 6.04. The SMILES string of the molecule is Cc1cccc2c1oc(=O)c1c(O)cc(=O)oc12. The van der Waals surface area contributed by atoms with Crippen LogP contribution >= 0.6 is 0 Å². The highest BCUT2D eigenvalue weighted by Crippen LogP contribution is 2.27. The summed E-state index contributed by atoms with van der Waals surface area (Å²) in [5, 5.41) is 10.0. The van der Waals surface area contributed by atoms with Gasteiger partial charge in [-0.2, -0.15) is 0 Å². The van der Waals surface area contributed by atoms with Crippen molar-refractivity contribution in [3.8, 4) is 5.75 Å². The van der Waals surface area contributed by atoms with Crippen LogP contribution in [0.2, 0.25) is 0 Å². The monoisotopic (exact) mass is 244 g/mol. The normalized spacial score (nSPS) is 11.2. The Morgan fingerprint density at radius 2 is 1.89 bits per heavy atom. The number of aromatic hydroxyl groups is 1. The van der Waals surface area contributed by atoms with Gasteiger partial charge in [0.25, 0.3) is 0 Å². The Kier molecular flexibility index (Phi) is 2.04. The molecule has 2 aromatic heterocycles. The summed E-state index contributed by atoms with van der Waals surface area (Å²) < 4.78 is 10.2. The lowest BCUT2D eigenvalue weighted by atomic mass is 10.1. The highest BCUT2D eigenvalue weighted by molar-refractivity contribution is 6.03. The Morgan fingerprint density at radius 1 is 1.11 bits per heavy atom.